The van der Waals surface area contributed by atoms with E-state index < -0.39 is 0 Å². The third kappa shape index (κ3) is 3.16. The van der Waals surface area contributed by atoms with E-state index in [1.807, 2.05) is 36.4 Å². The molecule has 0 aliphatic carbocycles. The molecule has 0 heterocycles. The molecular formula is C31H21NO. The highest BCUT2D eigenvalue weighted by Gasteiger charge is 2.18. The minimum absolute atomic E-state index is 0.721. The van der Waals surface area contributed by atoms with Gasteiger partial charge in [0.2, 0.25) is 0 Å². The van der Waals surface area contributed by atoms with Crippen molar-refractivity contribution in [1.29, 1.82) is 0 Å². The molecule has 0 spiro atoms. The molecule has 0 aliphatic heterocycles. The van der Waals surface area contributed by atoms with Crippen LogP contribution in [0.15, 0.2) is 121 Å². The lowest BCUT2D eigenvalue weighted by Gasteiger charge is -2.27. The van der Waals surface area contributed by atoms with Gasteiger partial charge in [0.1, 0.15) is 0 Å². The molecule has 0 fully saturated rings. The van der Waals surface area contributed by atoms with Crippen LogP contribution in [0.2, 0.25) is 0 Å². The first-order valence-corrected chi connectivity index (χ1v) is 11.1. The Morgan fingerprint density at radius 1 is 0.455 bits per heavy atom. The van der Waals surface area contributed by atoms with Crippen LogP contribution in [0.3, 0.4) is 0 Å². The number of nitrogens with zero attached hydrogens (tertiary/aromatic N) is 1. The SMILES string of the molecule is O=Cc1cc2c3ccccc3c(N(c3ccccc3)c3ccccc3)cc2c2ccccc12. The van der Waals surface area contributed by atoms with E-state index >= 15 is 0 Å². The summed E-state index contributed by atoms with van der Waals surface area (Å²) < 4.78 is 0. The van der Waals surface area contributed by atoms with E-state index in [0.717, 1.165) is 61.2 Å². The standard InChI is InChI=1S/C31H21NO/c33-21-22-19-29-27-17-9-10-18-28(27)31(20-30(29)26-16-8-7-15-25(22)26)32(23-11-3-1-4-12-23)24-13-5-2-6-14-24/h1-21H. The summed E-state index contributed by atoms with van der Waals surface area (Å²) in [5.74, 6) is 0. The van der Waals surface area contributed by atoms with Gasteiger partial charge in [0.05, 0.1) is 5.69 Å². The van der Waals surface area contributed by atoms with Crippen molar-refractivity contribution in [2.24, 2.45) is 0 Å². The Hall–Kier alpha value is -4.43. The van der Waals surface area contributed by atoms with E-state index in [2.05, 4.69) is 89.8 Å². The molecule has 6 rings (SSSR count). The molecule has 0 unspecified atom stereocenters. The zero-order valence-corrected chi connectivity index (χ0v) is 18.0. The number of fused-ring (bicyclic) bond motifs is 5. The number of aldehydes is 1. The van der Waals surface area contributed by atoms with E-state index in [-0.39, 0.29) is 0 Å². The summed E-state index contributed by atoms with van der Waals surface area (Å²) in [7, 11) is 0. The van der Waals surface area contributed by atoms with E-state index in [0.29, 0.717) is 0 Å². The van der Waals surface area contributed by atoms with Crippen LogP contribution in [0.4, 0.5) is 17.1 Å². The molecule has 0 aromatic heterocycles. The predicted molar refractivity (Wildman–Crippen MR) is 139 cm³/mol. The summed E-state index contributed by atoms with van der Waals surface area (Å²) in [6.07, 6.45) is 0.963. The Labute approximate surface area is 192 Å². The second-order valence-corrected chi connectivity index (χ2v) is 8.17. The van der Waals surface area contributed by atoms with Crippen LogP contribution < -0.4 is 4.90 Å². The molecule has 0 radical (unpaired) electrons. The van der Waals surface area contributed by atoms with Gasteiger partial charge in [-0.05, 0) is 63.3 Å². The predicted octanol–water partition coefficient (Wildman–Crippen LogP) is 8.43. The molecular weight excluding hydrogens is 402 g/mol. The number of rotatable bonds is 4. The number of hydrogen-bond donors (Lipinski definition) is 0. The van der Waals surface area contributed by atoms with E-state index in [4.69, 9.17) is 0 Å². The molecule has 2 nitrogen and oxygen atoms in total. The molecule has 0 bridgehead atoms. The summed E-state index contributed by atoms with van der Waals surface area (Å²) in [4.78, 5) is 14.2. The lowest BCUT2D eigenvalue weighted by atomic mass is 9.92. The molecule has 0 amide bonds. The number of hydrogen-bond acceptors (Lipinski definition) is 2. The van der Waals surface area contributed by atoms with Crippen molar-refractivity contribution < 1.29 is 4.79 Å². The van der Waals surface area contributed by atoms with Crippen molar-refractivity contribution >= 4 is 55.7 Å². The molecule has 6 aromatic rings. The maximum absolute atomic E-state index is 11.9. The summed E-state index contributed by atoms with van der Waals surface area (Å²) in [6.45, 7) is 0. The molecule has 0 aliphatic rings. The fraction of sp³-hybridized carbons (Fsp3) is 0. The smallest absolute Gasteiger partial charge is 0.150 e. The zero-order chi connectivity index (χ0) is 22.2. The highest BCUT2D eigenvalue weighted by molar-refractivity contribution is 6.23. The van der Waals surface area contributed by atoms with Crippen LogP contribution >= 0.6 is 0 Å². The maximum Gasteiger partial charge on any atom is 0.150 e. The average Bonchev–Trinajstić information content (AvgIpc) is 2.90. The second-order valence-electron chi connectivity index (χ2n) is 8.17. The van der Waals surface area contributed by atoms with Gasteiger partial charge in [-0.15, -0.1) is 0 Å². The van der Waals surface area contributed by atoms with Gasteiger partial charge in [0, 0.05) is 22.3 Å². The van der Waals surface area contributed by atoms with E-state index in [9.17, 15) is 4.79 Å². The molecule has 0 atom stereocenters. The largest absolute Gasteiger partial charge is 0.310 e. The molecule has 33 heavy (non-hydrogen) atoms. The normalized spacial score (nSPS) is 11.2. The van der Waals surface area contributed by atoms with Gasteiger partial charge in [0.25, 0.3) is 0 Å². The number of carbonyl (C=O) groups is 1. The minimum Gasteiger partial charge on any atom is -0.310 e. The van der Waals surface area contributed by atoms with Crippen molar-refractivity contribution in [1.82, 2.24) is 0 Å². The Morgan fingerprint density at radius 3 is 1.48 bits per heavy atom. The summed E-state index contributed by atoms with van der Waals surface area (Å²) >= 11 is 0. The van der Waals surface area contributed by atoms with Crippen LogP contribution in [0.5, 0.6) is 0 Å². The molecule has 2 heteroatoms. The lowest BCUT2D eigenvalue weighted by Crippen LogP contribution is -2.10. The molecule has 0 N–H and O–H groups in total. The van der Waals surface area contributed by atoms with Crippen LogP contribution in [-0.4, -0.2) is 6.29 Å². The molecule has 6 aromatic carbocycles. The zero-order valence-electron chi connectivity index (χ0n) is 18.0. The van der Waals surface area contributed by atoms with Crippen LogP contribution in [0.25, 0.3) is 32.3 Å². The van der Waals surface area contributed by atoms with Gasteiger partial charge in [0.15, 0.2) is 6.29 Å². The number of anilines is 3. The number of benzene rings is 6. The highest BCUT2D eigenvalue weighted by atomic mass is 16.1. The van der Waals surface area contributed by atoms with Gasteiger partial charge in [-0.25, -0.2) is 0 Å². The third-order valence-electron chi connectivity index (χ3n) is 6.29. The highest BCUT2D eigenvalue weighted by Crippen LogP contribution is 2.43. The first-order valence-electron chi connectivity index (χ1n) is 11.1. The van der Waals surface area contributed by atoms with Crippen LogP contribution in [0, 0.1) is 0 Å². The van der Waals surface area contributed by atoms with Gasteiger partial charge < -0.3 is 4.90 Å². The fourth-order valence-electron chi connectivity index (χ4n) is 4.82. The summed E-state index contributed by atoms with van der Waals surface area (Å²) in [6, 6.07) is 41.8. The van der Waals surface area contributed by atoms with Gasteiger partial charge in [-0.2, -0.15) is 0 Å². The van der Waals surface area contributed by atoms with Gasteiger partial charge in [-0.1, -0.05) is 84.9 Å². The van der Waals surface area contributed by atoms with Crippen molar-refractivity contribution in [2.75, 3.05) is 4.90 Å². The van der Waals surface area contributed by atoms with Gasteiger partial charge >= 0.3 is 0 Å². The summed E-state index contributed by atoms with van der Waals surface area (Å²) in [5.41, 5.74) is 4.03. The Kier molecular flexibility index (Phi) is 4.63. The van der Waals surface area contributed by atoms with Gasteiger partial charge in [-0.3, -0.25) is 4.79 Å². The first-order chi connectivity index (χ1) is 16.3. The van der Waals surface area contributed by atoms with Crippen LogP contribution in [-0.2, 0) is 0 Å². The van der Waals surface area contributed by atoms with Crippen molar-refractivity contribution in [3.05, 3.63) is 127 Å². The quantitative estimate of drug-likeness (QED) is 0.209. The topological polar surface area (TPSA) is 20.3 Å². The third-order valence-corrected chi connectivity index (χ3v) is 6.29. The molecule has 156 valence electrons. The minimum atomic E-state index is 0.721. The van der Waals surface area contributed by atoms with Crippen molar-refractivity contribution in [2.45, 2.75) is 0 Å². The Morgan fingerprint density at radius 2 is 0.909 bits per heavy atom. The average molecular weight is 424 g/mol. The first kappa shape index (κ1) is 19.3. The fourth-order valence-corrected chi connectivity index (χ4v) is 4.82. The maximum atomic E-state index is 11.9. The number of para-hydroxylation sites is 2. The van der Waals surface area contributed by atoms with Crippen molar-refractivity contribution in [3.8, 4) is 0 Å². The Bertz CT molecular complexity index is 1580. The number of carbonyl (C=O) groups excluding carboxylic acids is 1. The van der Waals surface area contributed by atoms with E-state index in [1.54, 1.807) is 0 Å². The molecule has 0 saturated carbocycles. The van der Waals surface area contributed by atoms with Crippen LogP contribution in [0.1, 0.15) is 10.4 Å². The molecule has 0 saturated heterocycles. The monoisotopic (exact) mass is 423 g/mol. The Balaban J connectivity index is 1.78. The van der Waals surface area contributed by atoms with Crippen molar-refractivity contribution in [3.63, 3.8) is 0 Å². The summed E-state index contributed by atoms with van der Waals surface area (Å²) in [5, 5.41) is 6.58. The lowest BCUT2D eigenvalue weighted by molar-refractivity contribution is 0.112. The van der Waals surface area contributed by atoms with E-state index in [1.165, 1.54) is 0 Å². The second kappa shape index (κ2) is 7.92.